The van der Waals surface area contributed by atoms with Crippen molar-refractivity contribution in [3.63, 3.8) is 0 Å². The van der Waals surface area contributed by atoms with Crippen LogP contribution in [0.25, 0.3) is 11.4 Å². The van der Waals surface area contributed by atoms with E-state index in [9.17, 15) is 9.59 Å². The zero-order valence-corrected chi connectivity index (χ0v) is 15.1. The molecule has 2 unspecified atom stereocenters. The number of carbonyl (C=O) groups excluding carboxylic acids is 1. The number of hydrogen-bond acceptors (Lipinski definition) is 4. The summed E-state index contributed by atoms with van der Waals surface area (Å²) in [6, 6.07) is 4.03. The topological polar surface area (TPSA) is 79.0 Å². The number of nitrogens with one attached hydrogen (secondary N) is 1. The minimum atomic E-state index is -0.232. The van der Waals surface area contributed by atoms with Crippen LogP contribution in [0.1, 0.15) is 43.4 Å². The first-order valence-electron chi connectivity index (χ1n) is 9.43. The van der Waals surface area contributed by atoms with Crippen LogP contribution in [0.3, 0.4) is 0 Å². The fourth-order valence-electron chi connectivity index (χ4n) is 4.43. The molecule has 2 aromatic heterocycles. The van der Waals surface area contributed by atoms with Gasteiger partial charge in [0.15, 0.2) is 0 Å². The van der Waals surface area contributed by atoms with Crippen molar-refractivity contribution in [1.29, 1.82) is 0 Å². The predicted molar refractivity (Wildman–Crippen MR) is 98.6 cm³/mol. The van der Waals surface area contributed by atoms with E-state index in [0.29, 0.717) is 29.0 Å². The first-order chi connectivity index (χ1) is 12.6. The number of amides is 1. The van der Waals surface area contributed by atoms with Crippen molar-refractivity contribution in [3.8, 4) is 11.4 Å². The van der Waals surface area contributed by atoms with E-state index in [1.807, 2.05) is 11.0 Å². The van der Waals surface area contributed by atoms with Crippen molar-refractivity contribution in [2.45, 2.75) is 51.5 Å². The molecule has 4 rings (SSSR count). The number of aryl methyl sites for hydroxylation is 1. The largest absolute Gasteiger partial charge is 0.339 e. The van der Waals surface area contributed by atoms with E-state index in [-0.39, 0.29) is 17.9 Å². The number of H-pyrrole nitrogens is 1. The van der Waals surface area contributed by atoms with E-state index in [1.165, 1.54) is 19.3 Å². The van der Waals surface area contributed by atoms with Crippen molar-refractivity contribution in [1.82, 2.24) is 19.9 Å². The van der Waals surface area contributed by atoms with Gasteiger partial charge < -0.3 is 9.88 Å². The molecule has 2 atom stereocenters. The summed E-state index contributed by atoms with van der Waals surface area (Å²) >= 11 is 0. The average Bonchev–Trinajstić information content (AvgIpc) is 3.09. The zero-order valence-electron chi connectivity index (χ0n) is 15.1. The molecule has 6 heteroatoms. The molecule has 0 aromatic carbocycles. The highest BCUT2D eigenvalue weighted by molar-refractivity contribution is 5.79. The normalized spacial score (nSPS) is 22.3. The van der Waals surface area contributed by atoms with Gasteiger partial charge in [0.25, 0.3) is 5.56 Å². The van der Waals surface area contributed by atoms with Gasteiger partial charge in [-0.05, 0) is 44.2 Å². The number of aromatic amines is 1. The lowest BCUT2D eigenvalue weighted by atomic mass is 9.85. The third-order valence-corrected chi connectivity index (χ3v) is 5.82. The minimum Gasteiger partial charge on any atom is -0.339 e. The van der Waals surface area contributed by atoms with Crippen molar-refractivity contribution < 1.29 is 4.79 Å². The first kappa shape index (κ1) is 16.9. The molecule has 6 nitrogen and oxygen atoms in total. The molecule has 1 aliphatic heterocycles. The number of carbonyl (C=O) groups is 1. The standard InChI is InChI=1S/C20H24N4O2/c1-13-16(20(26)23-19(22-13)15-6-4-9-21-12-15)11-18(25)24-10-8-14-5-2-3-7-17(14)24/h4,6,9,12,14,17H,2-3,5,7-8,10-11H2,1H3,(H,22,23,26). The number of pyridine rings is 1. The monoisotopic (exact) mass is 352 g/mol. The number of likely N-dealkylation sites (tertiary alicyclic amines) is 1. The highest BCUT2D eigenvalue weighted by Gasteiger charge is 2.38. The Morgan fingerprint density at radius 1 is 1.31 bits per heavy atom. The van der Waals surface area contributed by atoms with Gasteiger partial charge >= 0.3 is 0 Å². The average molecular weight is 352 g/mol. The Labute approximate surface area is 152 Å². The number of fused-ring (bicyclic) bond motifs is 1. The number of hydrogen-bond donors (Lipinski definition) is 1. The van der Waals surface area contributed by atoms with Gasteiger partial charge in [0.05, 0.1) is 6.42 Å². The van der Waals surface area contributed by atoms with Crippen LogP contribution in [0.2, 0.25) is 0 Å². The quantitative estimate of drug-likeness (QED) is 0.920. The smallest absolute Gasteiger partial charge is 0.255 e. The van der Waals surface area contributed by atoms with E-state index in [4.69, 9.17) is 0 Å². The van der Waals surface area contributed by atoms with Crippen molar-refractivity contribution in [2.24, 2.45) is 5.92 Å². The van der Waals surface area contributed by atoms with Gasteiger partial charge in [-0.25, -0.2) is 4.98 Å². The van der Waals surface area contributed by atoms with E-state index < -0.39 is 0 Å². The number of rotatable bonds is 3. The molecule has 1 saturated carbocycles. The van der Waals surface area contributed by atoms with Crippen LogP contribution in [0.5, 0.6) is 0 Å². The van der Waals surface area contributed by atoms with Crippen LogP contribution in [0.15, 0.2) is 29.3 Å². The second-order valence-electron chi connectivity index (χ2n) is 7.38. The summed E-state index contributed by atoms with van der Waals surface area (Å²) in [4.78, 5) is 38.8. The van der Waals surface area contributed by atoms with Gasteiger partial charge in [0.1, 0.15) is 5.82 Å². The molecule has 0 spiro atoms. The Balaban J connectivity index is 1.55. The Morgan fingerprint density at radius 3 is 2.92 bits per heavy atom. The van der Waals surface area contributed by atoms with E-state index in [0.717, 1.165) is 24.9 Å². The Hall–Kier alpha value is -2.50. The first-order valence-corrected chi connectivity index (χ1v) is 9.43. The summed E-state index contributed by atoms with van der Waals surface area (Å²) in [6.45, 7) is 2.62. The summed E-state index contributed by atoms with van der Waals surface area (Å²) in [7, 11) is 0. The Morgan fingerprint density at radius 2 is 2.15 bits per heavy atom. The second-order valence-corrected chi connectivity index (χ2v) is 7.38. The van der Waals surface area contributed by atoms with Crippen LogP contribution in [0.4, 0.5) is 0 Å². The SMILES string of the molecule is Cc1nc(-c2cccnc2)[nH]c(=O)c1CC(=O)N1CCC2CCCCC21. The van der Waals surface area contributed by atoms with Crippen molar-refractivity contribution in [3.05, 3.63) is 46.1 Å². The maximum atomic E-state index is 12.9. The number of aromatic nitrogens is 3. The van der Waals surface area contributed by atoms with Crippen LogP contribution < -0.4 is 5.56 Å². The van der Waals surface area contributed by atoms with E-state index in [2.05, 4.69) is 15.0 Å². The van der Waals surface area contributed by atoms with Crippen molar-refractivity contribution >= 4 is 5.91 Å². The molecule has 136 valence electrons. The van der Waals surface area contributed by atoms with Gasteiger partial charge in [-0.3, -0.25) is 14.6 Å². The van der Waals surface area contributed by atoms with Crippen LogP contribution >= 0.6 is 0 Å². The fourth-order valence-corrected chi connectivity index (χ4v) is 4.43. The van der Waals surface area contributed by atoms with Gasteiger partial charge in [-0.15, -0.1) is 0 Å². The fraction of sp³-hybridized carbons (Fsp3) is 0.500. The predicted octanol–water partition coefficient (Wildman–Crippen LogP) is 2.47. The molecule has 0 radical (unpaired) electrons. The summed E-state index contributed by atoms with van der Waals surface area (Å²) in [5.41, 5.74) is 1.61. The van der Waals surface area contributed by atoms with Gasteiger partial charge in [0, 0.05) is 41.8 Å². The molecule has 2 aromatic rings. The molecule has 1 N–H and O–H groups in total. The number of nitrogens with zero attached hydrogens (tertiary/aromatic N) is 3. The second kappa shape index (κ2) is 7.02. The summed E-state index contributed by atoms with van der Waals surface area (Å²) < 4.78 is 0. The summed E-state index contributed by atoms with van der Waals surface area (Å²) in [5.74, 6) is 1.20. The van der Waals surface area contributed by atoms with Crippen LogP contribution in [-0.4, -0.2) is 38.3 Å². The molecule has 2 aliphatic rings. The lowest BCUT2D eigenvalue weighted by Gasteiger charge is -2.31. The highest BCUT2D eigenvalue weighted by atomic mass is 16.2. The summed E-state index contributed by atoms with van der Waals surface area (Å²) in [6.07, 6.45) is 9.38. The molecular weight excluding hydrogens is 328 g/mol. The van der Waals surface area contributed by atoms with Crippen LogP contribution in [-0.2, 0) is 11.2 Å². The molecule has 2 fully saturated rings. The van der Waals surface area contributed by atoms with Crippen molar-refractivity contribution in [2.75, 3.05) is 6.54 Å². The third-order valence-electron chi connectivity index (χ3n) is 5.82. The molecule has 0 bridgehead atoms. The molecule has 1 amide bonds. The maximum Gasteiger partial charge on any atom is 0.255 e. The van der Waals surface area contributed by atoms with Gasteiger partial charge in [-0.1, -0.05) is 12.8 Å². The Kier molecular flexibility index (Phi) is 4.57. The zero-order chi connectivity index (χ0) is 18.1. The summed E-state index contributed by atoms with van der Waals surface area (Å²) in [5, 5.41) is 0. The molecule has 3 heterocycles. The van der Waals surface area contributed by atoms with E-state index >= 15 is 0 Å². The van der Waals surface area contributed by atoms with Gasteiger partial charge in [0.2, 0.25) is 5.91 Å². The lowest BCUT2D eigenvalue weighted by molar-refractivity contribution is -0.132. The third kappa shape index (κ3) is 3.16. The van der Waals surface area contributed by atoms with Gasteiger partial charge in [-0.2, -0.15) is 0 Å². The molecular formula is C20H24N4O2. The van der Waals surface area contributed by atoms with Crippen LogP contribution in [0, 0.1) is 12.8 Å². The minimum absolute atomic E-state index is 0.0592. The molecule has 1 aliphatic carbocycles. The molecule has 1 saturated heterocycles. The Bertz CT molecular complexity index is 862. The maximum absolute atomic E-state index is 12.9. The molecule has 26 heavy (non-hydrogen) atoms. The highest BCUT2D eigenvalue weighted by Crippen LogP contribution is 2.36. The van der Waals surface area contributed by atoms with E-state index in [1.54, 1.807) is 25.4 Å². The lowest BCUT2D eigenvalue weighted by Crippen LogP contribution is -2.40.